The molecular weight excluding hydrogens is 256 g/mol. The predicted molar refractivity (Wildman–Crippen MR) is 69.4 cm³/mol. The lowest BCUT2D eigenvalue weighted by molar-refractivity contribution is 0.0920. The largest absolute Gasteiger partial charge is 0.392 e. The molecule has 0 fully saturated rings. The van der Waals surface area contributed by atoms with Gasteiger partial charge in [0.25, 0.3) is 5.91 Å². The highest BCUT2D eigenvalue weighted by molar-refractivity contribution is 7.20. The van der Waals surface area contributed by atoms with Crippen molar-refractivity contribution < 1.29 is 9.90 Å². The average molecular weight is 268 g/mol. The summed E-state index contributed by atoms with van der Waals surface area (Å²) in [5, 5.41) is 16.2. The van der Waals surface area contributed by atoms with Crippen LogP contribution in [0.1, 0.15) is 17.4 Å². The molecule has 2 heterocycles. The topological polar surface area (TPSA) is 62.2 Å². The van der Waals surface area contributed by atoms with Crippen LogP contribution >= 0.6 is 22.7 Å². The van der Waals surface area contributed by atoms with Gasteiger partial charge in [-0.1, -0.05) is 6.07 Å². The third kappa shape index (κ3) is 3.12. The fraction of sp³-hybridized carbons (Fsp3) is 0.273. The zero-order valence-corrected chi connectivity index (χ0v) is 10.8. The Hall–Kier alpha value is -1.24. The molecule has 2 aromatic heterocycles. The van der Waals surface area contributed by atoms with E-state index in [1.54, 1.807) is 23.6 Å². The van der Waals surface area contributed by atoms with Gasteiger partial charge >= 0.3 is 0 Å². The molecule has 0 aromatic carbocycles. The number of carbonyl (C=O) groups excluding carboxylic acids is 1. The molecule has 17 heavy (non-hydrogen) atoms. The Morgan fingerprint density at radius 3 is 3.06 bits per heavy atom. The van der Waals surface area contributed by atoms with Crippen molar-refractivity contribution in [1.82, 2.24) is 10.3 Å². The molecular formula is C11H12N2O2S2. The second-order valence-corrected chi connectivity index (χ2v) is 5.38. The molecule has 4 nitrogen and oxygen atoms in total. The van der Waals surface area contributed by atoms with Gasteiger partial charge in [-0.05, 0) is 18.4 Å². The number of aliphatic hydroxyl groups is 1. The maximum Gasteiger partial charge on any atom is 0.270 e. The molecule has 2 rings (SSSR count). The maximum absolute atomic E-state index is 11.7. The van der Waals surface area contributed by atoms with E-state index >= 15 is 0 Å². The first-order valence-electron chi connectivity index (χ1n) is 5.12. The Balaban J connectivity index is 2.05. The van der Waals surface area contributed by atoms with E-state index < -0.39 is 6.10 Å². The van der Waals surface area contributed by atoms with Crippen LogP contribution in [-0.2, 0) is 0 Å². The number of thiazole rings is 1. The number of nitrogens with zero attached hydrogens (tertiary/aromatic N) is 1. The third-order valence-corrected chi connectivity index (χ3v) is 3.91. The van der Waals surface area contributed by atoms with Crippen LogP contribution in [0.15, 0.2) is 22.9 Å². The molecule has 6 heteroatoms. The van der Waals surface area contributed by atoms with Crippen molar-refractivity contribution in [3.63, 3.8) is 0 Å². The number of amides is 1. The van der Waals surface area contributed by atoms with E-state index in [1.165, 1.54) is 11.3 Å². The summed E-state index contributed by atoms with van der Waals surface area (Å²) >= 11 is 3.04. The van der Waals surface area contributed by atoms with E-state index in [4.69, 9.17) is 5.11 Å². The predicted octanol–water partition coefficient (Wildman–Crippen LogP) is 1.98. The number of rotatable bonds is 4. The number of thiophene rings is 1. The van der Waals surface area contributed by atoms with Gasteiger partial charge in [0.15, 0.2) is 0 Å². The van der Waals surface area contributed by atoms with E-state index in [9.17, 15) is 4.79 Å². The molecule has 90 valence electrons. The first-order chi connectivity index (χ1) is 8.16. The van der Waals surface area contributed by atoms with Crippen LogP contribution in [0.2, 0.25) is 0 Å². The Morgan fingerprint density at radius 1 is 1.59 bits per heavy atom. The highest BCUT2D eigenvalue weighted by atomic mass is 32.1. The number of carbonyl (C=O) groups is 1. The Labute approximate surface area is 107 Å². The first-order valence-corrected chi connectivity index (χ1v) is 6.88. The van der Waals surface area contributed by atoms with Crippen LogP contribution in [0, 0.1) is 0 Å². The Kier molecular flexibility index (Phi) is 3.88. The summed E-state index contributed by atoms with van der Waals surface area (Å²) in [6.45, 7) is 1.86. The lowest BCUT2D eigenvalue weighted by atomic mass is 10.4. The van der Waals surface area contributed by atoms with Crippen LogP contribution < -0.4 is 5.32 Å². The minimum Gasteiger partial charge on any atom is -0.392 e. The lowest BCUT2D eigenvalue weighted by Gasteiger charge is -2.04. The van der Waals surface area contributed by atoms with Crippen molar-refractivity contribution in [3.8, 4) is 9.88 Å². The molecule has 2 N–H and O–H groups in total. The highest BCUT2D eigenvalue weighted by Crippen LogP contribution is 2.27. The van der Waals surface area contributed by atoms with Crippen molar-refractivity contribution >= 4 is 28.6 Å². The SMILES string of the molecule is C[C@H](O)CNC(=O)c1csc(-c2cccs2)n1. The smallest absolute Gasteiger partial charge is 0.270 e. The normalized spacial score (nSPS) is 12.4. The van der Waals surface area contributed by atoms with Crippen molar-refractivity contribution in [3.05, 3.63) is 28.6 Å². The standard InChI is InChI=1S/C11H12N2O2S2/c1-7(14)5-12-10(15)8-6-17-11(13-8)9-3-2-4-16-9/h2-4,6-7,14H,5H2,1H3,(H,12,15)/t7-/m0/s1. The van der Waals surface area contributed by atoms with Gasteiger partial charge in [-0.3, -0.25) is 4.79 Å². The van der Waals surface area contributed by atoms with Gasteiger partial charge in [0, 0.05) is 11.9 Å². The second kappa shape index (κ2) is 5.39. The Morgan fingerprint density at radius 2 is 2.41 bits per heavy atom. The van der Waals surface area contributed by atoms with Gasteiger partial charge in [0.05, 0.1) is 11.0 Å². The summed E-state index contributed by atoms with van der Waals surface area (Å²) in [7, 11) is 0. The first kappa shape index (κ1) is 12.2. The number of hydrogen-bond acceptors (Lipinski definition) is 5. The number of nitrogens with one attached hydrogen (secondary N) is 1. The minimum atomic E-state index is -0.547. The van der Waals surface area contributed by atoms with Crippen LogP contribution in [0.25, 0.3) is 9.88 Å². The fourth-order valence-electron chi connectivity index (χ4n) is 1.22. The molecule has 1 atom stereocenters. The van der Waals surface area contributed by atoms with Crippen LogP contribution in [-0.4, -0.2) is 28.6 Å². The van der Waals surface area contributed by atoms with Crippen molar-refractivity contribution in [2.75, 3.05) is 6.54 Å². The lowest BCUT2D eigenvalue weighted by Crippen LogP contribution is -2.30. The molecule has 0 radical (unpaired) electrons. The molecule has 0 aliphatic rings. The quantitative estimate of drug-likeness (QED) is 0.891. The van der Waals surface area contributed by atoms with E-state index in [0.29, 0.717) is 5.69 Å². The summed E-state index contributed by atoms with van der Waals surface area (Å²) in [5.74, 6) is -0.245. The second-order valence-electron chi connectivity index (χ2n) is 3.57. The van der Waals surface area contributed by atoms with E-state index in [2.05, 4.69) is 10.3 Å². The van der Waals surface area contributed by atoms with Crippen LogP contribution in [0.3, 0.4) is 0 Å². The molecule has 0 aliphatic carbocycles. The highest BCUT2D eigenvalue weighted by Gasteiger charge is 2.12. The monoisotopic (exact) mass is 268 g/mol. The summed E-state index contributed by atoms with van der Waals surface area (Å²) < 4.78 is 0. The van der Waals surface area contributed by atoms with Gasteiger partial charge in [0.1, 0.15) is 10.7 Å². The van der Waals surface area contributed by atoms with Crippen LogP contribution in [0.5, 0.6) is 0 Å². The van der Waals surface area contributed by atoms with Gasteiger partial charge in [-0.15, -0.1) is 22.7 Å². The summed E-state index contributed by atoms with van der Waals surface area (Å²) in [4.78, 5) is 17.0. The average Bonchev–Trinajstić information content (AvgIpc) is 2.94. The van der Waals surface area contributed by atoms with Gasteiger partial charge in [0.2, 0.25) is 0 Å². The van der Waals surface area contributed by atoms with E-state index in [-0.39, 0.29) is 12.5 Å². The van der Waals surface area contributed by atoms with Gasteiger partial charge in [-0.2, -0.15) is 0 Å². The summed E-state index contributed by atoms with van der Waals surface area (Å²) in [6, 6.07) is 3.93. The number of aliphatic hydroxyl groups excluding tert-OH is 1. The van der Waals surface area contributed by atoms with Crippen molar-refractivity contribution in [1.29, 1.82) is 0 Å². The van der Waals surface area contributed by atoms with E-state index in [1.807, 2.05) is 17.5 Å². The summed E-state index contributed by atoms with van der Waals surface area (Å²) in [5.41, 5.74) is 0.402. The van der Waals surface area contributed by atoms with Crippen LogP contribution in [0.4, 0.5) is 0 Å². The number of hydrogen-bond donors (Lipinski definition) is 2. The molecule has 0 aliphatic heterocycles. The van der Waals surface area contributed by atoms with Gasteiger partial charge < -0.3 is 10.4 Å². The molecule has 2 aromatic rings. The number of aromatic nitrogens is 1. The molecule has 0 bridgehead atoms. The zero-order chi connectivity index (χ0) is 12.3. The molecule has 0 saturated heterocycles. The van der Waals surface area contributed by atoms with Crippen molar-refractivity contribution in [2.45, 2.75) is 13.0 Å². The molecule has 0 saturated carbocycles. The molecule has 1 amide bonds. The summed E-state index contributed by atoms with van der Waals surface area (Å²) in [6.07, 6.45) is -0.547. The fourth-order valence-corrected chi connectivity index (χ4v) is 2.84. The molecule has 0 unspecified atom stereocenters. The van der Waals surface area contributed by atoms with Crippen molar-refractivity contribution in [2.24, 2.45) is 0 Å². The van der Waals surface area contributed by atoms with E-state index in [0.717, 1.165) is 9.88 Å². The minimum absolute atomic E-state index is 0.241. The zero-order valence-electron chi connectivity index (χ0n) is 9.21. The van der Waals surface area contributed by atoms with Gasteiger partial charge in [-0.25, -0.2) is 4.98 Å². The molecule has 0 spiro atoms. The third-order valence-electron chi connectivity index (χ3n) is 2.03. The Bertz CT molecular complexity index is 491. The maximum atomic E-state index is 11.7.